The van der Waals surface area contributed by atoms with Crippen molar-refractivity contribution in [1.82, 2.24) is 14.9 Å². The molecule has 0 radical (unpaired) electrons. The number of nitrogen functional groups attached to an aromatic ring is 1. The summed E-state index contributed by atoms with van der Waals surface area (Å²) in [5.74, 6) is -0.258. The average molecular weight is 414 g/mol. The van der Waals surface area contributed by atoms with Crippen LogP contribution in [-0.4, -0.2) is 34.6 Å². The van der Waals surface area contributed by atoms with E-state index in [2.05, 4.69) is 24.1 Å². The number of rotatable bonds is 7. The Morgan fingerprint density at radius 2 is 2.00 bits per heavy atom. The zero-order valence-electron chi connectivity index (χ0n) is 17.9. The predicted octanol–water partition coefficient (Wildman–Crippen LogP) is 1.69. The Morgan fingerprint density at radius 3 is 2.60 bits per heavy atom. The van der Waals surface area contributed by atoms with E-state index < -0.39 is 11.2 Å². The van der Waals surface area contributed by atoms with Gasteiger partial charge in [-0.2, -0.15) is 0 Å². The largest absolute Gasteiger partial charge is 0.383 e. The van der Waals surface area contributed by atoms with E-state index >= 15 is 0 Å². The monoisotopic (exact) mass is 413 g/mol. The summed E-state index contributed by atoms with van der Waals surface area (Å²) < 4.78 is 1.29. The van der Waals surface area contributed by atoms with Crippen molar-refractivity contribution in [2.45, 2.75) is 52.6 Å². The number of carbonyl (C=O) groups is 1. The van der Waals surface area contributed by atoms with Crippen molar-refractivity contribution in [2.75, 3.05) is 23.7 Å². The molecule has 1 unspecified atom stereocenters. The van der Waals surface area contributed by atoms with Gasteiger partial charge in [0.2, 0.25) is 5.91 Å². The lowest BCUT2D eigenvalue weighted by molar-refractivity contribution is -0.118. The van der Waals surface area contributed by atoms with Crippen molar-refractivity contribution in [3.63, 3.8) is 0 Å². The molecule has 162 valence electrons. The summed E-state index contributed by atoms with van der Waals surface area (Å²) in [6.07, 6.45) is 3.28. The molecule has 0 bridgehead atoms. The lowest BCUT2D eigenvalue weighted by atomic mass is 9.87. The molecular formula is C22H31N5O3. The van der Waals surface area contributed by atoms with Crippen molar-refractivity contribution in [1.29, 1.82) is 0 Å². The third-order valence-electron chi connectivity index (χ3n) is 6.04. The SMILES string of the molecule is CCN(C(=O)CNC1CCCC1(C)C)c1c(N)n(Cc2ccccc2)c(=O)[nH]c1=O. The summed E-state index contributed by atoms with van der Waals surface area (Å²) in [6.45, 7) is 6.76. The van der Waals surface area contributed by atoms with Gasteiger partial charge in [-0.3, -0.25) is 19.1 Å². The van der Waals surface area contributed by atoms with E-state index in [4.69, 9.17) is 5.73 Å². The summed E-state index contributed by atoms with van der Waals surface area (Å²) in [6, 6.07) is 9.59. The molecule has 1 aromatic carbocycles. The highest BCUT2D eigenvalue weighted by Crippen LogP contribution is 2.37. The number of hydrogen-bond acceptors (Lipinski definition) is 5. The average Bonchev–Trinajstić information content (AvgIpc) is 3.05. The number of hydrogen-bond donors (Lipinski definition) is 3. The van der Waals surface area contributed by atoms with Crippen LogP contribution in [0, 0.1) is 5.41 Å². The smallest absolute Gasteiger partial charge is 0.330 e. The third-order valence-corrected chi connectivity index (χ3v) is 6.04. The minimum atomic E-state index is -0.654. The number of nitrogens with one attached hydrogen (secondary N) is 2. The Labute approximate surface area is 176 Å². The summed E-state index contributed by atoms with van der Waals surface area (Å²) in [4.78, 5) is 41.6. The Morgan fingerprint density at radius 1 is 1.30 bits per heavy atom. The first-order valence-electron chi connectivity index (χ1n) is 10.4. The number of aromatic nitrogens is 2. The number of aromatic amines is 1. The molecule has 1 saturated carbocycles. The summed E-state index contributed by atoms with van der Waals surface area (Å²) in [5, 5.41) is 3.35. The number of H-pyrrole nitrogens is 1. The molecule has 0 spiro atoms. The molecule has 1 aliphatic rings. The van der Waals surface area contributed by atoms with Gasteiger partial charge >= 0.3 is 5.69 Å². The second-order valence-corrected chi connectivity index (χ2v) is 8.52. The van der Waals surface area contributed by atoms with E-state index in [1.165, 1.54) is 9.47 Å². The van der Waals surface area contributed by atoms with Gasteiger partial charge in [0.25, 0.3) is 5.56 Å². The standard InChI is InChI=1S/C22H31N5O3/c1-4-26(17(28)13-24-16-11-8-12-22(16,2)3)18-19(23)27(21(30)25-20(18)29)14-15-9-6-5-7-10-15/h5-7,9-10,16,24H,4,8,11-14,23H2,1-3H3,(H,25,29,30). The van der Waals surface area contributed by atoms with Gasteiger partial charge in [-0.1, -0.05) is 50.6 Å². The molecule has 1 amide bonds. The van der Waals surface area contributed by atoms with Crippen LogP contribution in [0.15, 0.2) is 39.9 Å². The first-order chi connectivity index (χ1) is 14.2. The van der Waals surface area contributed by atoms with Crippen LogP contribution in [0.1, 0.15) is 45.6 Å². The predicted molar refractivity (Wildman–Crippen MR) is 119 cm³/mol. The Hall–Kier alpha value is -2.87. The van der Waals surface area contributed by atoms with Crippen LogP contribution in [0.3, 0.4) is 0 Å². The highest BCUT2D eigenvalue weighted by molar-refractivity contribution is 5.96. The quantitative estimate of drug-likeness (QED) is 0.639. The van der Waals surface area contributed by atoms with E-state index in [0.29, 0.717) is 0 Å². The van der Waals surface area contributed by atoms with E-state index in [9.17, 15) is 14.4 Å². The summed E-state index contributed by atoms with van der Waals surface area (Å²) in [7, 11) is 0. The Bertz CT molecular complexity index is 1010. The molecule has 1 atom stereocenters. The zero-order chi connectivity index (χ0) is 21.9. The highest BCUT2D eigenvalue weighted by Gasteiger charge is 2.34. The van der Waals surface area contributed by atoms with Crippen LogP contribution in [-0.2, 0) is 11.3 Å². The fraction of sp³-hybridized carbons (Fsp3) is 0.500. The molecule has 0 aliphatic heterocycles. The first kappa shape index (κ1) is 21.8. The maximum absolute atomic E-state index is 13.0. The number of likely N-dealkylation sites (N-methyl/N-ethyl adjacent to an activating group) is 1. The Kier molecular flexibility index (Phi) is 6.45. The van der Waals surface area contributed by atoms with Gasteiger partial charge in [-0.05, 0) is 30.7 Å². The van der Waals surface area contributed by atoms with Crippen molar-refractivity contribution in [2.24, 2.45) is 5.41 Å². The van der Waals surface area contributed by atoms with Gasteiger partial charge in [0.05, 0.1) is 13.1 Å². The second-order valence-electron chi connectivity index (χ2n) is 8.52. The van der Waals surface area contributed by atoms with Crippen LogP contribution in [0.2, 0.25) is 0 Å². The molecule has 0 saturated heterocycles. The van der Waals surface area contributed by atoms with Gasteiger partial charge in [0.15, 0.2) is 5.69 Å². The van der Waals surface area contributed by atoms with Crippen molar-refractivity contribution in [3.8, 4) is 0 Å². The number of benzene rings is 1. The number of nitrogens with zero attached hydrogens (tertiary/aromatic N) is 2. The topological polar surface area (TPSA) is 113 Å². The third kappa shape index (κ3) is 4.48. The summed E-state index contributed by atoms with van der Waals surface area (Å²) >= 11 is 0. The van der Waals surface area contributed by atoms with Gasteiger partial charge in [-0.25, -0.2) is 4.79 Å². The van der Waals surface area contributed by atoms with Crippen LogP contribution < -0.4 is 27.2 Å². The second kappa shape index (κ2) is 8.87. The molecular weight excluding hydrogens is 382 g/mol. The highest BCUT2D eigenvalue weighted by atomic mass is 16.2. The van der Waals surface area contributed by atoms with Crippen LogP contribution in [0.5, 0.6) is 0 Å². The van der Waals surface area contributed by atoms with Gasteiger partial charge < -0.3 is 16.0 Å². The molecule has 1 fully saturated rings. The number of carbonyl (C=O) groups excluding carboxylic acids is 1. The van der Waals surface area contributed by atoms with E-state index in [-0.39, 0.29) is 48.5 Å². The van der Waals surface area contributed by atoms with E-state index in [1.807, 2.05) is 30.3 Å². The lowest BCUT2D eigenvalue weighted by Gasteiger charge is -2.29. The van der Waals surface area contributed by atoms with Crippen molar-refractivity contribution < 1.29 is 4.79 Å². The van der Waals surface area contributed by atoms with E-state index in [1.54, 1.807) is 6.92 Å². The maximum atomic E-state index is 13.0. The molecule has 1 heterocycles. The van der Waals surface area contributed by atoms with Crippen molar-refractivity contribution >= 4 is 17.4 Å². The van der Waals surface area contributed by atoms with E-state index in [0.717, 1.165) is 24.8 Å². The van der Waals surface area contributed by atoms with Gasteiger partial charge in [0.1, 0.15) is 5.82 Å². The fourth-order valence-corrected chi connectivity index (χ4v) is 4.23. The normalized spacial score (nSPS) is 17.8. The van der Waals surface area contributed by atoms with Crippen molar-refractivity contribution in [3.05, 3.63) is 56.7 Å². The fourth-order valence-electron chi connectivity index (χ4n) is 4.23. The zero-order valence-corrected chi connectivity index (χ0v) is 17.9. The van der Waals surface area contributed by atoms with Gasteiger partial charge in [0, 0.05) is 12.6 Å². The van der Waals surface area contributed by atoms with Gasteiger partial charge in [-0.15, -0.1) is 0 Å². The Balaban J connectivity index is 1.86. The van der Waals surface area contributed by atoms with Crippen LogP contribution in [0.4, 0.5) is 11.5 Å². The lowest BCUT2D eigenvalue weighted by Crippen LogP contribution is -2.47. The molecule has 30 heavy (non-hydrogen) atoms. The minimum Gasteiger partial charge on any atom is -0.383 e. The maximum Gasteiger partial charge on any atom is 0.330 e. The molecule has 1 aromatic heterocycles. The molecule has 8 nitrogen and oxygen atoms in total. The van der Waals surface area contributed by atoms with Crippen LogP contribution in [0.25, 0.3) is 0 Å². The minimum absolute atomic E-state index is 0.0102. The molecule has 3 rings (SSSR count). The first-order valence-corrected chi connectivity index (χ1v) is 10.4. The molecule has 8 heteroatoms. The number of anilines is 2. The molecule has 4 N–H and O–H groups in total. The number of amides is 1. The molecule has 2 aromatic rings. The number of nitrogens with two attached hydrogens (primary N) is 1. The molecule has 1 aliphatic carbocycles. The summed E-state index contributed by atoms with van der Waals surface area (Å²) in [5.41, 5.74) is 6.00. The van der Waals surface area contributed by atoms with Crippen LogP contribution >= 0.6 is 0 Å².